The number of esters is 1. The topological polar surface area (TPSA) is 86.8 Å². The Labute approximate surface area is 199 Å². The Bertz CT molecular complexity index is 688. The van der Waals surface area contributed by atoms with Gasteiger partial charge >= 0.3 is 5.97 Å². The van der Waals surface area contributed by atoms with Crippen LogP contribution in [0.5, 0.6) is 0 Å². The van der Waals surface area contributed by atoms with E-state index in [1.54, 1.807) is 21.1 Å². The van der Waals surface area contributed by atoms with E-state index in [0.717, 1.165) is 24.8 Å². The van der Waals surface area contributed by atoms with Crippen molar-refractivity contribution in [3.8, 4) is 0 Å². The Morgan fingerprint density at radius 2 is 1.91 bits per heavy atom. The second-order valence-electron chi connectivity index (χ2n) is 9.92. The SMILES string of the molecule is COC(=O)C[C@@H]1O[C@H](/C(C)=C/C=C/[C@@H](C)C[C@@]2(C)O[C@@H]2[C@H](C)[C@@H](OC)[C@@H](C)O)CC[C@@H]1OC. The molecule has 0 amide bonds. The molecule has 7 nitrogen and oxygen atoms in total. The minimum absolute atomic E-state index is 0.0352. The lowest BCUT2D eigenvalue weighted by Gasteiger charge is -2.35. The number of carbonyl (C=O) groups excluding carboxylic acids is 1. The number of allylic oxidation sites excluding steroid dienone is 3. The van der Waals surface area contributed by atoms with Gasteiger partial charge in [0, 0.05) is 20.1 Å². The average Bonchev–Trinajstić information content (AvgIpc) is 3.43. The Morgan fingerprint density at radius 3 is 2.48 bits per heavy atom. The van der Waals surface area contributed by atoms with Crippen LogP contribution in [0.2, 0.25) is 0 Å². The van der Waals surface area contributed by atoms with Crippen molar-refractivity contribution >= 4 is 5.97 Å². The lowest BCUT2D eigenvalue weighted by Crippen LogP contribution is -2.41. The molecule has 9 atom stereocenters. The first-order chi connectivity index (χ1) is 15.6. The third-order valence-electron chi connectivity index (χ3n) is 7.08. The molecule has 0 saturated carbocycles. The highest BCUT2D eigenvalue weighted by atomic mass is 16.6. The molecule has 2 aliphatic heterocycles. The number of epoxide rings is 1. The van der Waals surface area contributed by atoms with Crippen LogP contribution in [0.25, 0.3) is 0 Å². The summed E-state index contributed by atoms with van der Waals surface area (Å²) in [7, 11) is 4.68. The molecule has 2 aliphatic rings. The van der Waals surface area contributed by atoms with Crippen LogP contribution in [0, 0.1) is 11.8 Å². The highest BCUT2D eigenvalue weighted by Gasteiger charge is 2.56. The molecule has 0 bridgehead atoms. The maximum Gasteiger partial charge on any atom is 0.308 e. The molecule has 0 radical (unpaired) electrons. The predicted molar refractivity (Wildman–Crippen MR) is 127 cm³/mol. The number of hydrogen-bond donors (Lipinski definition) is 1. The number of rotatable bonds is 12. The van der Waals surface area contributed by atoms with E-state index in [2.05, 4.69) is 45.9 Å². The van der Waals surface area contributed by atoms with Crippen molar-refractivity contribution < 1.29 is 33.6 Å². The zero-order chi connectivity index (χ0) is 24.8. The van der Waals surface area contributed by atoms with E-state index in [9.17, 15) is 9.90 Å². The van der Waals surface area contributed by atoms with Gasteiger partial charge < -0.3 is 28.8 Å². The van der Waals surface area contributed by atoms with Crippen LogP contribution in [0.1, 0.15) is 60.3 Å². The molecular formula is C26H44O7. The maximum atomic E-state index is 11.7. The van der Waals surface area contributed by atoms with Crippen LogP contribution in [-0.2, 0) is 28.5 Å². The summed E-state index contributed by atoms with van der Waals surface area (Å²) < 4.78 is 28.0. The molecule has 190 valence electrons. The lowest BCUT2D eigenvalue weighted by atomic mass is 9.86. The normalized spacial score (nSPS) is 34.0. The minimum atomic E-state index is -0.530. The molecule has 33 heavy (non-hydrogen) atoms. The molecule has 0 spiro atoms. The summed E-state index contributed by atoms with van der Waals surface area (Å²) in [4.78, 5) is 11.7. The summed E-state index contributed by atoms with van der Waals surface area (Å²) in [5, 5.41) is 9.95. The molecule has 0 aromatic rings. The van der Waals surface area contributed by atoms with Crippen LogP contribution >= 0.6 is 0 Å². The summed E-state index contributed by atoms with van der Waals surface area (Å²) in [6, 6.07) is 0. The van der Waals surface area contributed by atoms with Crippen molar-refractivity contribution in [2.24, 2.45) is 11.8 Å². The third kappa shape index (κ3) is 7.62. The fourth-order valence-corrected chi connectivity index (χ4v) is 5.22. The van der Waals surface area contributed by atoms with Crippen molar-refractivity contribution in [3.05, 3.63) is 23.8 Å². The Morgan fingerprint density at radius 1 is 1.21 bits per heavy atom. The van der Waals surface area contributed by atoms with Crippen molar-refractivity contribution in [3.63, 3.8) is 0 Å². The summed E-state index contributed by atoms with van der Waals surface area (Å²) in [6.07, 6.45) is 8.06. The standard InChI is InChI=1S/C26H44O7/c1-16(15-26(5)25(33-26)18(3)24(31-8)19(4)27)10-9-11-17(2)20-12-13-21(29-6)22(32-20)14-23(28)30-7/h9-11,16,18-22,24-25,27H,12-15H2,1-8H3/b10-9+,17-11+/t16-,18-,19-,20+,21+,22+,24-,25-,26-/m1/s1. The van der Waals surface area contributed by atoms with Crippen LogP contribution < -0.4 is 0 Å². The maximum absolute atomic E-state index is 11.7. The summed E-state index contributed by atoms with van der Waals surface area (Å²) in [6.45, 7) is 10.2. The summed E-state index contributed by atoms with van der Waals surface area (Å²) in [5.41, 5.74) is 0.930. The van der Waals surface area contributed by atoms with E-state index in [1.165, 1.54) is 7.11 Å². The molecule has 0 unspecified atom stereocenters. The van der Waals surface area contributed by atoms with Gasteiger partial charge in [-0.15, -0.1) is 0 Å². The highest BCUT2D eigenvalue weighted by molar-refractivity contribution is 5.69. The Kier molecular flexibility index (Phi) is 10.6. The Hall–Kier alpha value is -1.25. The molecular weight excluding hydrogens is 424 g/mol. The largest absolute Gasteiger partial charge is 0.469 e. The molecule has 1 N–H and O–H groups in total. The predicted octanol–water partition coefficient (Wildman–Crippen LogP) is 3.83. The fourth-order valence-electron chi connectivity index (χ4n) is 5.22. The molecule has 2 saturated heterocycles. The first-order valence-electron chi connectivity index (χ1n) is 12.0. The third-order valence-corrected chi connectivity index (χ3v) is 7.08. The second kappa shape index (κ2) is 12.5. The second-order valence-corrected chi connectivity index (χ2v) is 9.92. The van der Waals surface area contributed by atoms with Crippen LogP contribution in [0.3, 0.4) is 0 Å². The van der Waals surface area contributed by atoms with Crippen molar-refractivity contribution in [2.45, 2.75) is 103 Å². The van der Waals surface area contributed by atoms with Gasteiger partial charge in [0.05, 0.1) is 55.8 Å². The molecule has 7 heteroatoms. The summed E-state index contributed by atoms with van der Waals surface area (Å²) >= 11 is 0. The Balaban J connectivity index is 1.89. The van der Waals surface area contributed by atoms with Gasteiger partial charge in [-0.3, -0.25) is 4.79 Å². The fraction of sp³-hybridized carbons (Fsp3) is 0.808. The van der Waals surface area contributed by atoms with Gasteiger partial charge in [0.15, 0.2) is 0 Å². The van der Waals surface area contributed by atoms with Gasteiger partial charge in [-0.25, -0.2) is 0 Å². The van der Waals surface area contributed by atoms with E-state index in [1.807, 2.05) is 0 Å². The van der Waals surface area contributed by atoms with Gasteiger partial charge in [0.1, 0.15) is 0 Å². The van der Waals surface area contributed by atoms with E-state index >= 15 is 0 Å². The highest BCUT2D eigenvalue weighted by Crippen LogP contribution is 2.47. The first kappa shape index (κ1) is 28.0. The van der Waals surface area contributed by atoms with Crippen LogP contribution in [0.15, 0.2) is 23.8 Å². The van der Waals surface area contributed by atoms with Gasteiger partial charge in [0.2, 0.25) is 0 Å². The van der Waals surface area contributed by atoms with Crippen LogP contribution in [0.4, 0.5) is 0 Å². The van der Waals surface area contributed by atoms with Crippen molar-refractivity contribution in [1.29, 1.82) is 0 Å². The summed E-state index contributed by atoms with van der Waals surface area (Å²) in [5.74, 6) is 0.170. The number of ether oxygens (including phenoxy) is 5. The number of aliphatic hydroxyl groups is 1. The molecule has 2 heterocycles. The van der Waals surface area contributed by atoms with E-state index in [4.69, 9.17) is 23.7 Å². The van der Waals surface area contributed by atoms with Crippen molar-refractivity contribution in [1.82, 2.24) is 0 Å². The van der Waals surface area contributed by atoms with Gasteiger partial charge in [-0.2, -0.15) is 0 Å². The van der Waals surface area contributed by atoms with Gasteiger partial charge in [-0.05, 0) is 51.5 Å². The smallest absolute Gasteiger partial charge is 0.308 e. The van der Waals surface area contributed by atoms with E-state index < -0.39 is 6.10 Å². The number of aliphatic hydroxyl groups excluding tert-OH is 1. The van der Waals surface area contributed by atoms with Gasteiger partial charge in [-0.1, -0.05) is 32.1 Å². The lowest BCUT2D eigenvalue weighted by molar-refractivity contribution is -0.156. The quantitative estimate of drug-likeness (QED) is 0.265. The van der Waals surface area contributed by atoms with Crippen molar-refractivity contribution in [2.75, 3.05) is 21.3 Å². The number of hydrogen-bond acceptors (Lipinski definition) is 7. The number of methoxy groups -OCH3 is 3. The molecule has 0 aliphatic carbocycles. The monoisotopic (exact) mass is 468 g/mol. The molecule has 0 aromatic heterocycles. The van der Waals surface area contributed by atoms with Crippen LogP contribution in [-0.4, -0.2) is 74.6 Å². The average molecular weight is 469 g/mol. The zero-order valence-corrected chi connectivity index (χ0v) is 21.6. The molecule has 2 fully saturated rings. The van der Waals surface area contributed by atoms with E-state index in [-0.39, 0.29) is 54.4 Å². The first-order valence-corrected chi connectivity index (χ1v) is 12.0. The minimum Gasteiger partial charge on any atom is -0.469 e. The molecule has 2 rings (SSSR count). The molecule has 0 aromatic carbocycles. The number of carbonyl (C=O) groups is 1. The zero-order valence-electron chi connectivity index (χ0n) is 21.6. The van der Waals surface area contributed by atoms with Gasteiger partial charge in [0.25, 0.3) is 0 Å². The van der Waals surface area contributed by atoms with E-state index in [0.29, 0.717) is 5.92 Å².